The van der Waals surface area contributed by atoms with Crippen molar-refractivity contribution < 1.29 is 19.1 Å². The van der Waals surface area contributed by atoms with Gasteiger partial charge in [-0.15, -0.1) is 5.10 Å². The van der Waals surface area contributed by atoms with E-state index in [-0.39, 0.29) is 18.2 Å². The highest BCUT2D eigenvalue weighted by atomic mass is 35.5. The number of aromatic amines is 1. The van der Waals surface area contributed by atoms with E-state index >= 15 is 0 Å². The van der Waals surface area contributed by atoms with Crippen LogP contribution in [0.4, 0.5) is 16.2 Å². The molecule has 1 aliphatic heterocycles. The monoisotopic (exact) mass is 573 g/mol. The predicted octanol–water partition coefficient (Wildman–Crippen LogP) is 4.04. The Bertz CT molecular complexity index is 1650. The maximum atomic E-state index is 13.0. The fourth-order valence-electron chi connectivity index (χ4n) is 4.17. The summed E-state index contributed by atoms with van der Waals surface area (Å²) in [6.07, 6.45) is 9.47. The number of rotatable bonds is 5. The van der Waals surface area contributed by atoms with Gasteiger partial charge in [0.05, 0.1) is 36.4 Å². The fourth-order valence-corrected chi connectivity index (χ4v) is 4.35. The number of nitrogens with one attached hydrogen (secondary N) is 4. The number of ether oxygens (including phenoxy) is 1. The topological polar surface area (TPSA) is 169 Å². The normalized spacial score (nSPS) is 14.9. The predicted molar refractivity (Wildman–Crippen MR) is 151 cm³/mol. The van der Waals surface area contributed by atoms with Crippen LogP contribution in [0.5, 0.6) is 0 Å². The van der Waals surface area contributed by atoms with Crippen molar-refractivity contribution in [1.82, 2.24) is 35.5 Å². The second-order valence-electron chi connectivity index (χ2n) is 8.87. The Morgan fingerprint density at radius 2 is 2.07 bits per heavy atom. The third-order valence-corrected chi connectivity index (χ3v) is 6.33. The van der Waals surface area contributed by atoms with E-state index in [9.17, 15) is 14.4 Å². The molecule has 5 rings (SSSR count). The molecule has 0 unspecified atom stereocenters. The van der Waals surface area contributed by atoms with Crippen molar-refractivity contribution in [3.05, 3.63) is 83.6 Å². The lowest BCUT2D eigenvalue weighted by Crippen LogP contribution is -2.27. The molecule has 208 valence electrons. The molecule has 2 bridgehead atoms. The second-order valence-corrected chi connectivity index (χ2v) is 9.31. The van der Waals surface area contributed by atoms with Crippen molar-refractivity contribution in [3.63, 3.8) is 0 Å². The van der Waals surface area contributed by atoms with Gasteiger partial charge in [0.1, 0.15) is 12.2 Å². The van der Waals surface area contributed by atoms with Gasteiger partial charge >= 0.3 is 6.09 Å². The Hall–Kier alpha value is -5.30. The molecule has 41 heavy (non-hydrogen) atoms. The Kier molecular flexibility index (Phi) is 8.15. The van der Waals surface area contributed by atoms with Gasteiger partial charge in [-0.2, -0.15) is 4.68 Å². The molecule has 0 saturated heterocycles. The smallest absolute Gasteiger partial charge is 0.411 e. The number of aromatic nitrogens is 6. The number of imidazole rings is 1. The van der Waals surface area contributed by atoms with Crippen LogP contribution >= 0.6 is 11.6 Å². The van der Waals surface area contributed by atoms with Crippen molar-refractivity contribution in [2.75, 3.05) is 17.7 Å². The van der Waals surface area contributed by atoms with Crippen LogP contribution in [0.2, 0.25) is 5.02 Å². The number of methoxy groups -OCH3 is 1. The van der Waals surface area contributed by atoms with Crippen LogP contribution in [-0.4, -0.2) is 55.2 Å². The molecule has 1 atom stereocenters. The number of carbonyl (C=O) groups excluding carboxylic acids is 3. The molecule has 13 nitrogen and oxygen atoms in total. The molecule has 0 radical (unpaired) electrons. The summed E-state index contributed by atoms with van der Waals surface area (Å²) in [7, 11) is 1.26. The summed E-state index contributed by atoms with van der Waals surface area (Å²) in [5, 5.41) is 20.1. The Morgan fingerprint density at radius 1 is 1.20 bits per heavy atom. The molecule has 4 N–H and O–H groups in total. The van der Waals surface area contributed by atoms with E-state index in [2.05, 4.69) is 46.2 Å². The molecule has 0 saturated carbocycles. The van der Waals surface area contributed by atoms with Crippen LogP contribution in [0.15, 0.2) is 67.2 Å². The number of nitrogens with zero attached hydrogens (tertiary/aromatic N) is 5. The minimum Gasteiger partial charge on any atom is -0.453 e. The van der Waals surface area contributed by atoms with Gasteiger partial charge in [0.2, 0.25) is 11.8 Å². The zero-order valence-electron chi connectivity index (χ0n) is 21.7. The lowest BCUT2D eigenvalue weighted by atomic mass is 10.1. The van der Waals surface area contributed by atoms with Gasteiger partial charge in [0.25, 0.3) is 0 Å². The van der Waals surface area contributed by atoms with E-state index in [1.165, 1.54) is 24.2 Å². The van der Waals surface area contributed by atoms with E-state index in [1.54, 1.807) is 60.8 Å². The molecule has 14 heteroatoms. The SMILES string of the molecule is COC(=O)Nc1ccc2c(c1)NC(=O)CC=CC[C@H](NC(=O)C=Cc1cc(Cl)ccc1-n1cnnn1)c1ncc-2[nH]1. The molecule has 3 amide bonds. The number of fused-ring (bicyclic) bond motifs is 4. The molecule has 1 aliphatic rings. The number of H-pyrrole nitrogens is 1. The lowest BCUT2D eigenvalue weighted by molar-refractivity contribution is -0.117. The Morgan fingerprint density at radius 3 is 2.88 bits per heavy atom. The maximum Gasteiger partial charge on any atom is 0.411 e. The van der Waals surface area contributed by atoms with Crippen LogP contribution in [0.3, 0.4) is 0 Å². The van der Waals surface area contributed by atoms with Gasteiger partial charge in [-0.3, -0.25) is 14.9 Å². The number of hydrogen-bond donors (Lipinski definition) is 4. The molecular weight excluding hydrogens is 550 g/mol. The van der Waals surface area contributed by atoms with E-state index in [1.807, 2.05) is 0 Å². The maximum absolute atomic E-state index is 13.0. The van der Waals surface area contributed by atoms with Crippen LogP contribution in [0, 0.1) is 0 Å². The first-order chi connectivity index (χ1) is 19.9. The largest absolute Gasteiger partial charge is 0.453 e. The first kappa shape index (κ1) is 27.3. The summed E-state index contributed by atoms with van der Waals surface area (Å²) < 4.78 is 6.12. The first-order valence-electron chi connectivity index (χ1n) is 12.4. The molecule has 4 aromatic rings. The van der Waals surface area contributed by atoms with Crippen molar-refractivity contribution in [2.45, 2.75) is 18.9 Å². The number of halogens is 1. The van der Waals surface area contributed by atoms with Crippen molar-refractivity contribution in [1.29, 1.82) is 0 Å². The number of hydrogen-bond acceptors (Lipinski definition) is 8. The standard InChI is InChI=1S/C27H24ClN9O4/c1-41-27(40)31-18-8-9-19-21(13-18)33-24(38)5-3-2-4-20(26-29-14-22(19)34-26)32-25(39)11-6-16-12-17(28)7-10-23(16)37-15-30-35-36-37/h2-3,6-15,20H,4-5H2,1H3,(H,29,34)(H,31,40)(H,32,39)(H,33,38)/t20-/m0/s1. The second kappa shape index (κ2) is 12.3. The van der Waals surface area contributed by atoms with Crippen LogP contribution in [0.1, 0.15) is 30.3 Å². The molecule has 0 aliphatic carbocycles. The number of anilines is 2. The van der Waals surface area contributed by atoms with Gasteiger partial charge in [-0.25, -0.2) is 9.78 Å². The number of tetrazole rings is 1. The van der Waals surface area contributed by atoms with Crippen molar-refractivity contribution in [2.24, 2.45) is 0 Å². The number of benzene rings is 2. The summed E-state index contributed by atoms with van der Waals surface area (Å²) in [6.45, 7) is 0. The third kappa shape index (κ3) is 6.65. The Balaban J connectivity index is 1.40. The summed E-state index contributed by atoms with van der Waals surface area (Å²) in [4.78, 5) is 45.0. The average molecular weight is 574 g/mol. The highest BCUT2D eigenvalue weighted by molar-refractivity contribution is 6.30. The molecule has 2 aromatic carbocycles. The minimum absolute atomic E-state index is 0.113. The van der Waals surface area contributed by atoms with Gasteiger partial charge in [0, 0.05) is 34.3 Å². The molecular formula is C27H24ClN9O4. The van der Waals surface area contributed by atoms with Gasteiger partial charge in [-0.1, -0.05) is 23.8 Å². The molecule has 2 aromatic heterocycles. The molecule has 0 fully saturated rings. The zero-order valence-corrected chi connectivity index (χ0v) is 22.4. The number of amides is 3. The quantitative estimate of drug-likeness (QED) is 0.205. The molecule has 3 heterocycles. The van der Waals surface area contributed by atoms with Crippen LogP contribution < -0.4 is 16.0 Å². The van der Waals surface area contributed by atoms with Crippen molar-refractivity contribution in [3.8, 4) is 16.9 Å². The summed E-state index contributed by atoms with van der Waals surface area (Å²) in [5.41, 5.74) is 3.47. The van der Waals surface area contributed by atoms with Gasteiger partial charge in [0.15, 0.2) is 0 Å². The van der Waals surface area contributed by atoms with Crippen LogP contribution in [-0.2, 0) is 14.3 Å². The van der Waals surface area contributed by atoms with E-state index in [0.29, 0.717) is 51.2 Å². The first-order valence-corrected chi connectivity index (χ1v) is 12.8. The molecule has 0 spiro atoms. The van der Waals surface area contributed by atoms with E-state index in [4.69, 9.17) is 11.6 Å². The lowest BCUT2D eigenvalue weighted by Gasteiger charge is -2.16. The van der Waals surface area contributed by atoms with Gasteiger partial charge in [-0.05, 0) is 59.3 Å². The highest BCUT2D eigenvalue weighted by Gasteiger charge is 2.19. The third-order valence-electron chi connectivity index (χ3n) is 6.10. The van der Waals surface area contributed by atoms with Crippen molar-refractivity contribution >= 4 is 47.0 Å². The number of carbonyl (C=O) groups is 3. The van der Waals surface area contributed by atoms with E-state index in [0.717, 1.165) is 0 Å². The van der Waals surface area contributed by atoms with E-state index < -0.39 is 12.1 Å². The summed E-state index contributed by atoms with van der Waals surface area (Å²) in [5.74, 6) is -0.0904. The summed E-state index contributed by atoms with van der Waals surface area (Å²) >= 11 is 6.18. The Labute approximate surface area is 238 Å². The summed E-state index contributed by atoms with van der Waals surface area (Å²) in [6, 6.07) is 9.69. The minimum atomic E-state index is -0.634. The average Bonchev–Trinajstić information content (AvgIpc) is 3.66. The van der Waals surface area contributed by atoms with Crippen LogP contribution in [0.25, 0.3) is 23.0 Å². The zero-order chi connectivity index (χ0) is 28.8. The van der Waals surface area contributed by atoms with Gasteiger partial charge < -0.3 is 20.4 Å². The highest BCUT2D eigenvalue weighted by Crippen LogP contribution is 2.31. The fraction of sp³-hybridized carbons (Fsp3) is 0.148.